The summed E-state index contributed by atoms with van der Waals surface area (Å²) in [6, 6.07) is 26.9. The smallest absolute Gasteiger partial charge is 0.331 e. The van der Waals surface area contributed by atoms with E-state index >= 15 is 0 Å². The Morgan fingerprint density at radius 1 is 0.848 bits per heavy atom. The molecule has 0 aliphatic heterocycles. The fourth-order valence-corrected chi connectivity index (χ4v) is 3.84. The van der Waals surface area contributed by atoms with Crippen molar-refractivity contribution in [3.8, 4) is 0 Å². The largest absolute Gasteiger partial charge is 0.344 e. The molecule has 0 aliphatic rings. The van der Waals surface area contributed by atoms with Gasteiger partial charge < -0.3 is 5.32 Å². The van der Waals surface area contributed by atoms with Crippen LogP contribution in [-0.2, 0) is 17.9 Å². The third kappa shape index (κ3) is 5.48. The van der Waals surface area contributed by atoms with E-state index in [0.717, 1.165) is 21.3 Å². The quantitative estimate of drug-likeness (QED) is 0.459. The average molecular weight is 460 g/mol. The Morgan fingerprint density at radius 3 is 2.21 bits per heavy atom. The number of amides is 1. The molecular weight excluding hydrogens is 438 g/mol. The molecule has 3 aromatic carbocycles. The summed E-state index contributed by atoms with van der Waals surface area (Å²) in [6.07, 6.45) is 1.45. The molecule has 1 N–H and O–H groups in total. The lowest BCUT2D eigenvalue weighted by atomic mass is 9.98. The molecule has 4 rings (SSSR count). The van der Waals surface area contributed by atoms with Crippen LogP contribution in [0.1, 0.15) is 22.7 Å². The molecule has 7 heteroatoms. The normalized spacial score (nSPS) is 11.7. The van der Waals surface area contributed by atoms with Gasteiger partial charge in [0, 0.05) is 17.3 Å². The van der Waals surface area contributed by atoms with Crippen LogP contribution in [-0.4, -0.2) is 15.0 Å². The molecule has 33 heavy (non-hydrogen) atoms. The monoisotopic (exact) mass is 459 g/mol. The van der Waals surface area contributed by atoms with Crippen molar-refractivity contribution in [3.63, 3.8) is 0 Å². The zero-order chi connectivity index (χ0) is 23.2. The molecule has 0 saturated carbocycles. The van der Waals surface area contributed by atoms with E-state index in [0.29, 0.717) is 11.6 Å². The van der Waals surface area contributed by atoms with Gasteiger partial charge in [0.25, 0.3) is 5.56 Å². The summed E-state index contributed by atoms with van der Waals surface area (Å²) in [5.41, 5.74) is 1.50. The van der Waals surface area contributed by atoms with E-state index in [4.69, 9.17) is 11.6 Å². The molecule has 1 amide bonds. The Labute approximate surface area is 195 Å². The highest BCUT2D eigenvalue weighted by Gasteiger charge is 2.19. The Bertz CT molecular complexity index is 1360. The second kappa shape index (κ2) is 10.1. The van der Waals surface area contributed by atoms with E-state index in [9.17, 15) is 14.4 Å². The van der Waals surface area contributed by atoms with Crippen LogP contribution in [0.3, 0.4) is 0 Å². The lowest BCUT2D eigenvalue weighted by molar-refractivity contribution is -0.122. The minimum Gasteiger partial charge on any atom is -0.344 e. The van der Waals surface area contributed by atoms with Crippen molar-refractivity contribution < 1.29 is 4.79 Å². The van der Waals surface area contributed by atoms with Crippen molar-refractivity contribution in [2.45, 2.75) is 19.1 Å². The van der Waals surface area contributed by atoms with Gasteiger partial charge in [-0.1, -0.05) is 84.4 Å². The molecule has 0 saturated heterocycles. The maximum Gasteiger partial charge on any atom is 0.331 e. The van der Waals surface area contributed by atoms with Crippen molar-refractivity contribution in [1.82, 2.24) is 14.5 Å². The molecule has 0 radical (unpaired) electrons. The summed E-state index contributed by atoms with van der Waals surface area (Å²) in [4.78, 5) is 38.3. The van der Waals surface area contributed by atoms with Crippen LogP contribution in [0.25, 0.3) is 0 Å². The molecule has 0 spiro atoms. The van der Waals surface area contributed by atoms with Gasteiger partial charge >= 0.3 is 5.69 Å². The highest BCUT2D eigenvalue weighted by molar-refractivity contribution is 6.30. The first-order valence-corrected chi connectivity index (χ1v) is 10.8. The SMILES string of the molecule is O=C(Cn1c(=O)ccn(Cc2ccccc2)c1=O)NC(c1ccccc1)c1cccc(Cl)c1. The fourth-order valence-electron chi connectivity index (χ4n) is 3.64. The van der Waals surface area contributed by atoms with Crippen molar-refractivity contribution >= 4 is 17.5 Å². The molecule has 166 valence electrons. The van der Waals surface area contributed by atoms with E-state index < -0.39 is 29.7 Å². The summed E-state index contributed by atoms with van der Waals surface area (Å²) >= 11 is 6.17. The van der Waals surface area contributed by atoms with Gasteiger partial charge in [0.15, 0.2) is 0 Å². The van der Waals surface area contributed by atoms with E-state index in [-0.39, 0.29) is 0 Å². The minimum absolute atomic E-state index is 0.302. The molecule has 0 bridgehead atoms. The molecule has 4 aromatic rings. The van der Waals surface area contributed by atoms with Gasteiger partial charge in [-0.15, -0.1) is 0 Å². The van der Waals surface area contributed by atoms with Crippen LogP contribution >= 0.6 is 11.6 Å². The number of rotatable bonds is 7. The van der Waals surface area contributed by atoms with Gasteiger partial charge in [-0.3, -0.25) is 18.7 Å². The van der Waals surface area contributed by atoms with Crippen LogP contribution in [0.15, 0.2) is 107 Å². The molecule has 1 heterocycles. The van der Waals surface area contributed by atoms with Gasteiger partial charge in [0.2, 0.25) is 5.91 Å². The third-order valence-corrected chi connectivity index (χ3v) is 5.49. The molecule has 6 nitrogen and oxygen atoms in total. The Hall–Kier alpha value is -3.90. The van der Waals surface area contributed by atoms with Gasteiger partial charge in [-0.2, -0.15) is 0 Å². The second-order valence-electron chi connectivity index (χ2n) is 7.60. The van der Waals surface area contributed by atoms with Crippen LogP contribution in [0, 0.1) is 0 Å². The second-order valence-corrected chi connectivity index (χ2v) is 8.04. The van der Waals surface area contributed by atoms with Gasteiger partial charge in [-0.25, -0.2) is 4.79 Å². The third-order valence-electron chi connectivity index (χ3n) is 5.26. The first kappa shape index (κ1) is 22.3. The van der Waals surface area contributed by atoms with E-state index in [1.807, 2.05) is 72.8 Å². The molecular formula is C26H22ClN3O3. The lowest BCUT2D eigenvalue weighted by Crippen LogP contribution is -2.43. The maximum absolute atomic E-state index is 13.0. The number of hydrogen-bond donors (Lipinski definition) is 1. The first-order chi connectivity index (χ1) is 16.0. The summed E-state index contributed by atoms with van der Waals surface area (Å²) < 4.78 is 2.36. The first-order valence-electron chi connectivity index (χ1n) is 10.5. The topological polar surface area (TPSA) is 73.1 Å². The zero-order valence-electron chi connectivity index (χ0n) is 17.7. The minimum atomic E-state index is -0.541. The van der Waals surface area contributed by atoms with Crippen molar-refractivity contribution in [2.24, 2.45) is 0 Å². The number of aromatic nitrogens is 2. The molecule has 1 atom stereocenters. The summed E-state index contributed by atoms with van der Waals surface area (Å²) in [5.74, 6) is -0.458. The number of carbonyl (C=O) groups excluding carboxylic acids is 1. The number of halogens is 1. The standard InChI is InChI=1S/C26H22ClN3O3/c27-22-13-7-12-21(16-22)25(20-10-5-2-6-11-20)28-23(31)18-30-24(32)14-15-29(26(30)33)17-19-8-3-1-4-9-19/h1-16,25H,17-18H2,(H,28,31). The molecule has 1 aromatic heterocycles. The number of benzene rings is 3. The van der Waals surface area contributed by atoms with Crippen LogP contribution in [0.2, 0.25) is 5.02 Å². The Morgan fingerprint density at radius 2 is 1.52 bits per heavy atom. The van der Waals surface area contributed by atoms with Gasteiger partial charge in [0.1, 0.15) is 6.54 Å². The molecule has 0 aliphatic carbocycles. The molecule has 1 unspecified atom stereocenters. The Balaban J connectivity index is 1.60. The lowest BCUT2D eigenvalue weighted by Gasteiger charge is -2.20. The number of nitrogens with zero attached hydrogens (tertiary/aromatic N) is 2. The number of nitrogens with one attached hydrogen (secondary N) is 1. The number of hydrogen-bond acceptors (Lipinski definition) is 3. The zero-order valence-corrected chi connectivity index (χ0v) is 18.5. The summed E-state index contributed by atoms with van der Waals surface area (Å²) in [6.45, 7) is -0.0894. The fraction of sp³-hybridized carbons (Fsp3) is 0.115. The predicted octanol–water partition coefficient (Wildman–Crippen LogP) is 3.62. The van der Waals surface area contributed by atoms with Crippen molar-refractivity contribution in [3.05, 3.63) is 140 Å². The van der Waals surface area contributed by atoms with Crippen LogP contribution in [0.5, 0.6) is 0 Å². The predicted molar refractivity (Wildman–Crippen MR) is 128 cm³/mol. The Kier molecular flexibility index (Phi) is 6.86. The molecule has 0 fully saturated rings. The van der Waals surface area contributed by atoms with Gasteiger partial charge in [-0.05, 0) is 28.8 Å². The van der Waals surface area contributed by atoms with E-state index in [1.165, 1.54) is 16.8 Å². The highest BCUT2D eigenvalue weighted by atomic mass is 35.5. The number of carbonyl (C=O) groups is 1. The average Bonchev–Trinajstić information content (AvgIpc) is 2.83. The van der Waals surface area contributed by atoms with E-state index in [1.54, 1.807) is 12.1 Å². The summed E-state index contributed by atoms with van der Waals surface area (Å²) in [7, 11) is 0. The van der Waals surface area contributed by atoms with Crippen molar-refractivity contribution in [1.29, 1.82) is 0 Å². The van der Waals surface area contributed by atoms with Crippen molar-refractivity contribution in [2.75, 3.05) is 0 Å². The van der Waals surface area contributed by atoms with E-state index in [2.05, 4.69) is 5.32 Å². The summed E-state index contributed by atoms with van der Waals surface area (Å²) in [5, 5.41) is 3.49. The van der Waals surface area contributed by atoms with Crippen LogP contribution in [0.4, 0.5) is 0 Å². The van der Waals surface area contributed by atoms with Gasteiger partial charge in [0.05, 0.1) is 12.6 Å². The van der Waals surface area contributed by atoms with Crippen LogP contribution < -0.4 is 16.6 Å². The highest BCUT2D eigenvalue weighted by Crippen LogP contribution is 2.24. The maximum atomic E-state index is 13.0.